The first-order valence-electron chi connectivity index (χ1n) is 12.6. The highest BCUT2D eigenvalue weighted by atomic mass is 19.1. The van der Waals surface area contributed by atoms with Crippen molar-refractivity contribution in [1.82, 2.24) is 15.0 Å². The Morgan fingerprint density at radius 3 is 2.51 bits per heavy atom. The van der Waals surface area contributed by atoms with Crippen LogP contribution in [0.1, 0.15) is 19.1 Å². The first kappa shape index (κ1) is 23.5. The molecule has 1 fully saturated rings. The highest BCUT2D eigenvalue weighted by molar-refractivity contribution is 5.95. The molecule has 1 aromatic heterocycles. The predicted molar refractivity (Wildman–Crippen MR) is 140 cm³/mol. The van der Waals surface area contributed by atoms with E-state index in [1.165, 1.54) is 10.8 Å². The molecule has 0 unspecified atom stereocenters. The van der Waals surface area contributed by atoms with Gasteiger partial charge in [0.05, 0.1) is 6.54 Å². The lowest BCUT2D eigenvalue weighted by Crippen LogP contribution is -2.47. The van der Waals surface area contributed by atoms with Crippen LogP contribution in [-0.2, 0) is 6.54 Å². The fraction of sp³-hybridized carbons (Fsp3) is 0.345. The van der Waals surface area contributed by atoms with Gasteiger partial charge < -0.3 is 9.42 Å². The minimum atomic E-state index is -0.178. The highest BCUT2D eigenvalue weighted by Gasteiger charge is 2.18. The lowest BCUT2D eigenvalue weighted by atomic mass is 10.0. The Morgan fingerprint density at radius 1 is 0.943 bits per heavy atom. The van der Waals surface area contributed by atoms with Gasteiger partial charge in [-0.15, -0.1) is 0 Å². The minimum Gasteiger partial charge on any atom is -0.369 e. The summed E-state index contributed by atoms with van der Waals surface area (Å²) in [5, 5.41) is 6.79. The molecule has 5 nitrogen and oxygen atoms in total. The van der Waals surface area contributed by atoms with Crippen LogP contribution in [-0.4, -0.2) is 60.8 Å². The molecule has 1 aliphatic heterocycles. The summed E-state index contributed by atoms with van der Waals surface area (Å²) in [5.74, 6) is 0.727. The number of fused-ring (bicyclic) bond motifs is 1. The van der Waals surface area contributed by atoms with Crippen molar-refractivity contribution in [2.75, 3.05) is 50.7 Å². The number of aromatic nitrogens is 1. The molecule has 0 saturated carbocycles. The number of benzene rings is 3. The van der Waals surface area contributed by atoms with Crippen LogP contribution < -0.4 is 4.90 Å². The Hall–Kier alpha value is -3.22. The number of nitrogens with zero attached hydrogens (tertiary/aromatic N) is 4. The SMILES string of the molecule is CCN(CCCN1CCN(c2ccc(F)cc2)CC1)Cc1cc(-c2cccc3ccccc23)no1. The van der Waals surface area contributed by atoms with Crippen molar-refractivity contribution < 1.29 is 8.91 Å². The number of hydrogen-bond donors (Lipinski definition) is 0. The van der Waals surface area contributed by atoms with Crippen LogP contribution in [0.5, 0.6) is 0 Å². The standard InChI is InChI=1S/C29H33FN4O/c1-2-32(15-6-16-33-17-19-34(20-18-33)25-13-11-24(30)12-14-25)22-26-21-29(31-35-26)28-10-5-8-23-7-3-4-9-27(23)28/h3-5,7-14,21H,2,6,15-20,22H2,1H3. The Labute approximate surface area is 206 Å². The second kappa shape index (κ2) is 11.0. The lowest BCUT2D eigenvalue weighted by molar-refractivity contribution is 0.206. The maximum atomic E-state index is 13.2. The van der Waals surface area contributed by atoms with Crippen molar-refractivity contribution in [3.05, 3.63) is 84.4 Å². The van der Waals surface area contributed by atoms with Crippen LogP contribution in [0.3, 0.4) is 0 Å². The summed E-state index contributed by atoms with van der Waals surface area (Å²) < 4.78 is 18.9. The maximum absolute atomic E-state index is 13.2. The molecular formula is C29H33FN4O. The first-order valence-corrected chi connectivity index (χ1v) is 12.6. The summed E-state index contributed by atoms with van der Waals surface area (Å²) in [4.78, 5) is 7.29. The quantitative estimate of drug-likeness (QED) is 0.314. The van der Waals surface area contributed by atoms with Gasteiger partial charge in [0.2, 0.25) is 0 Å². The molecule has 4 aromatic rings. The fourth-order valence-electron chi connectivity index (χ4n) is 4.93. The molecule has 6 heteroatoms. The van der Waals surface area contributed by atoms with Crippen LogP contribution >= 0.6 is 0 Å². The minimum absolute atomic E-state index is 0.178. The Kier molecular flexibility index (Phi) is 7.40. The van der Waals surface area contributed by atoms with Gasteiger partial charge in [-0.2, -0.15) is 0 Å². The summed E-state index contributed by atoms with van der Waals surface area (Å²) in [6.45, 7) is 10.1. The predicted octanol–water partition coefficient (Wildman–Crippen LogP) is 5.67. The van der Waals surface area contributed by atoms with E-state index in [4.69, 9.17) is 4.52 Å². The van der Waals surface area contributed by atoms with Gasteiger partial charge in [0.25, 0.3) is 0 Å². The van der Waals surface area contributed by atoms with Gasteiger partial charge in [-0.05, 0) is 61.1 Å². The van der Waals surface area contributed by atoms with Gasteiger partial charge in [0.15, 0.2) is 5.76 Å². The Balaban J connectivity index is 1.10. The number of hydrogen-bond acceptors (Lipinski definition) is 5. The van der Waals surface area contributed by atoms with Crippen molar-refractivity contribution in [3.8, 4) is 11.3 Å². The van der Waals surface area contributed by atoms with Crippen LogP contribution in [0, 0.1) is 5.82 Å². The van der Waals surface area contributed by atoms with E-state index in [0.29, 0.717) is 0 Å². The molecule has 3 aromatic carbocycles. The van der Waals surface area contributed by atoms with E-state index in [9.17, 15) is 4.39 Å². The van der Waals surface area contributed by atoms with E-state index >= 15 is 0 Å². The second-order valence-corrected chi connectivity index (χ2v) is 9.23. The van der Waals surface area contributed by atoms with Crippen molar-refractivity contribution in [2.24, 2.45) is 0 Å². The van der Waals surface area contributed by atoms with Crippen molar-refractivity contribution in [2.45, 2.75) is 19.9 Å². The van der Waals surface area contributed by atoms with Gasteiger partial charge in [-0.1, -0.05) is 54.5 Å². The van der Waals surface area contributed by atoms with Crippen LogP contribution in [0.15, 0.2) is 77.3 Å². The number of piperazine rings is 1. The monoisotopic (exact) mass is 472 g/mol. The molecule has 1 aliphatic rings. The molecule has 0 bridgehead atoms. The fourth-order valence-corrected chi connectivity index (χ4v) is 4.93. The van der Waals surface area contributed by atoms with Crippen molar-refractivity contribution in [1.29, 1.82) is 0 Å². The van der Waals surface area contributed by atoms with E-state index < -0.39 is 0 Å². The van der Waals surface area contributed by atoms with E-state index in [0.717, 1.165) is 81.5 Å². The van der Waals surface area contributed by atoms with E-state index in [-0.39, 0.29) is 5.82 Å². The third kappa shape index (κ3) is 5.72. The average molecular weight is 473 g/mol. The number of halogens is 1. The summed E-state index contributed by atoms with van der Waals surface area (Å²) in [6, 6.07) is 23.6. The molecule has 5 rings (SSSR count). The zero-order chi connectivity index (χ0) is 24.0. The molecule has 2 heterocycles. The maximum Gasteiger partial charge on any atom is 0.151 e. The third-order valence-electron chi connectivity index (χ3n) is 6.96. The van der Waals surface area contributed by atoms with Gasteiger partial charge in [0.1, 0.15) is 11.5 Å². The molecule has 1 saturated heterocycles. The summed E-state index contributed by atoms with van der Waals surface area (Å²) in [6.07, 6.45) is 1.12. The van der Waals surface area contributed by atoms with Gasteiger partial charge in [-0.3, -0.25) is 9.80 Å². The zero-order valence-electron chi connectivity index (χ0n) is 20.4. The van der Waals surface area contributed by atoms with Crippen LogP contribution in [0.4, 0.5) is 10.1 Å². The Morgan fingerprint density at radius 2 is 1.71 bits per heavy atom. The molecular weight excluding hydrogens is 439 g/mol. The number of rotatable bonds is 9. The van der Waals surface area contributed by atoms with Crippen molar-refractivity contribution in [3.63, 3.8) is 0 Å². The molecule has 182 valence electrons. The third-order valence-corrected chi connectivity index (χ3v) is 6.96. The summed E-state index contributed by atoms with van der Waals surface area (Å²) >= 11 is 0. The largest absolute Gasteiger partial charge is 0.369 e. The molecule has 0 radical (unpaired) electrons. The van der Waals surface area contributed by atoms with Gasteiger partial charge in [0, 0.05) is 43.5 Å². The van der Waals surface area contributed by atoms with E-state index in [1.807, 2.05) is 12.1 Å². The topological polar surface area (TPSA) is 35.8 Å². The van der Waals surface area contributed by atoms with E-state index in [2.05, 4.69) is 75.3 Å². The summed E-state index contributed by atoms with van der Waals surface area (Å²) in [7, 11) is 0. The molecule has 0 spiro atoms. The normalized spacial score (nSPS) is 14.8. The summed E-state index contributed by atoms with van der Waals surface area (Å²) in [5.41, 5.74) is 3.12. The molecule has 0 N–H and O–H groups in total. The van der Waals surface area contributed by atoms with Crippen LogP contribution in [0.25, 0.3) is 22.0 Å². The molecule has 0 amide bonds. The second-order valence-electron chi connectivity index (χ2n) is 9.23. The van der Waals surface area contributed by atoms with Crippen molar-refractivity contribution >= 4 is 16.5 Å². The van der Waals surface area contributed by atoms with Gasteiger partial charge >= 0.3 is 0 Å². The lowest BCUT2D eigenvalue weighted by Gasteiger charge is -2.36. The zero-order valence-corrected chi connectivity index (χ0v) is 20.4. The Bertz CT molecular complexity index is 1230. The first-order chi connectivity index (χ1) is 17.2. The molecule has 0 aliphatic carbocycles. The average Bonchev–Trinajstić information content (AvgIpc) is 3.37. The van der Waals surface area contributed by atoms with Gasteiger partial charge in [-0.25, -0.2) is 4.39 Å². The van der Waals surface area contributed by atoms with Crippen LogP contribution in [0.2, 0.25) is 0 Å². The molecule has 0 atom stereocenters. The smallest absolute Gasteiger partial charge is 0.151 e. The number of anilines is 1. The molecule has 35 heavy (non-hydrogen) atoms. The van der Waals surface area contributed by atoms with E-state index in [1.54, 1.807) is 12.1 Å². The highest BCUT2D eigenvalue weighted by Crippen LogP contribution is 2.28.